The second-order valence-electron chi connectivity index (χ2n) is 7.56. The summed E-state index contributed by atoms with van der Waals surface area (Å²) < 4.78 is 52.5. The van der Waals surface area contributed by atoms with Crippen molar-refractivity contribution >= 4 is 39.9 Å². The molecule has 1 N–H and O–H groups in total. The molecule has 11 heteroatoms. The highest BCUT2D eigenvalue weighted by Crippen LogP contribution is 2.35. The zero-order chi connectivity index (χ0) is 25.5. The smallest absolute Gasteiger partial charge is 0.246 e. The maximum absolute atomic E-state index is 14.4. The van der Waals surface area contributed by atoms with Crippen molar-refractivity contribution in [2.75, 3.05) is 32.1 Å². The SMILES string of the molecule is C=CC(=O)N(CCCOc1cc2c(Nc3ccc(F)c(Cl)c3F)ncnc2cc1OC)C[C@H](C)F. The van der Waals surface area contributed by atoms with Crippen molar-refractivity contribution in [2.24, 2.45) is 0 Å². The molecular formula is C24H24ClF3N4O3. The van der Waals surface area contributed by atoms with E-state index in [1.54, 1.807) is 12.1 Å². The molecule has 0 fully saturated rings. The number of nitrogens with one attached hydrogen (secondary N) is 1. The fourth-order valence-electron chi connectivity index (χ4n) is 3.35. The first kappa shape index (κ1) is 26.1. The molecule has 1 heterocycles. The Kier molecular flexibility index (Phi) is 8.75. The monoisotopic (exact) mass is 508 g/mol. The number of carbonyl (C=O) groups is 1. The summed E-state index contributed by atoms with van der Waals surface area (Å²) in [5.41, 5.74) is 0.420. The Hall–Kier alpha value is -3.53. The van der Waals surface area contributed by atoms with E-state index in [-0.39, 0.29) is 37.1 Å². The van der Waals surface area contributed by atoms with E-state index in [4.69, 9.17) is 21.1 Å². The number of methoxy groups -OCH3 is 1. The normalized spacial score (nSPS) is 11.7. The van der Waals surface area contributed by atoms with Gasteiger partial charge in [0.15, 0.2) is 17.3 Å². The second kappa shape index (κ2) is 11.7. The highest BCUT2D eigenvalue weighted by Gasteiger charge is 2.17. The average Bonchev–Trinajstić information content (AvgIpc) is 2.85. The minimum absolute atomic E-state index is 0.0412. The molecular weight excluding hydrogens is 485 g/mol. The van der Waals surface area contributed by atoms with Crippen LogP contribution < -0.4 is 14.8 Å². The molecule has 1 amide bonds. The van der Waals surface area contributed by atoms with Crippen molar-refractivity contribution < 1.29 is 27.4 Å². The molecule has 7 nitrogen and oxygen atoms in total. The van der Waals surface area contributed by atoms with Crippen LogP contribution in [0.4, 0.5) is 24.7 Å². The lowest BCUT2D eigenvalue weighted by Gasteiger charge is -2.22. The number of hydrogen-bond donors (Lipinski definition) is 1. The van der Waals surface area contributed by atoms with Crippen LogP contribution in [0.2, 0.25) is 5.02 Å². The quantitative estimate of drug-likeness (QED) is 0.211. The molecule has 0 saturated carbocycles. The Morgan fingerprint density at radius 3 is 2.74 bits per heavy atom. The number of anilines is 2. The maximum atomic E-state index is 14.4. The highest BCUT2D eigenvalue weighted by atomic mass is 35.5. The summed E-state index contributed by atoms with van der Waals surface area (Å²) >= 11 is 5.67. The summed E-state index contributed by atoms with van der Waals surface area (Å²) in [4.78, 5) is 21.6. The van der Waals surface area contributed by atoms with Crippen molar-refractivity contribution in [3.05, 3.63) is 59.9 Å². The number of benzene rings is 2. The van der Waals surface area contributed by atoms with E-state index < -0.39 is 22.8 Å². The van der Waals surface area contributed by atoms with Crippen LogP contribution in [0.15, 0.2) is 43.2 Å². The van der Waals surface area contributed by atoms with Crippen LogP contribution in [0.1, 0.15) is 13.3 Å². The molecule has 3 rings (SSSR count). The third kappa shape index (κ3) is 6.33. The number of nitrogens with zero attached hydrogens (tertiary/aromatic N) is 3. The van der Waals surface area contributed by atoms with Gasteiger partial charge >= 0.3 is 0 Å². The molecule has 186 valence electrons. The Balaban J connectivity index is 1.81. The molecule has 3 aromatic rings. The average molecular weight is 509 g/mol. The van der Waals surface area contributed by atoms with Crippen molar-refractivity contribution in [1.29, 1.82) is 0 Å². The lowest BCUT2D eigenvalue weighted by atomic mass is 10.2. The van der Waals surface area contributed by atoms with Gasteiger partial charge in [0.05, 0.1) is 31.5 Å². The number of carbonyl (C=O) groups excluding carboxylic acids is 1. The van der Waals surface area contributed by atoms with Crippen molar-refractivity contribution in [1.82, 2.24) is 14.9 Å². The number of rotatable bonds is 11. The van der Waals surface area contributed by atoms with Gasteiger partial charge in [-0.3, -0.25) is 4.79 Å². The predicted octanol–water partition coefficient (Wildman–Crippen LogP) is 5.46. The summed E-state index contributed by atoms with van der Waals surface area (Å²) in [6, 6.07) is 5.50. The van der Waals surface area contributed by atoms with Gasteiger partial charge in [0, 0.05) is 18.0 Å². The molecule has 0 radical (unpaired) electrons. The third-order valence-electron chi connectivity index (χ3n) is 5.00. The number of halogens is 4. The Morgan fingerprint density at radius 2 is 2.06 bits per heavy atom. The van der Waals surface area contributed by atoms with Gasteiger partial charge in [0.1, 0.15) is 29.2 Å². The van der Waals surface area contributed by atoms with E-state index in [1.807, 2.05) is 0 Å². The van der Waals surface area contributed by atoms with Gasteiger partial charge in [-0.2, -0.15) is 0 Å². The molecule has 1 atom stereocenters. The van der Waals surface area contributed by atoms with E-state index >= 15 is 0 Å². The second-order valence-corrected chi connectivity index (χ2v) is 7.94. The lowest BCUT2D eigenvalue weighted by Crippen LogP contribution is -2.35. The van der Waals surface area contributed by atoms with Gasteiger partial charge in [0.25, 0.3) is 0 Å². The zero-order valence-corrected chi connectivity index (χ0v) is 19.9. The fourth-order valence-corrected chi connectivity index (χ4v) is 3.51. The minimum Gasteiger partial charge on any atom is -0.493 e. The number of alkyl halides is 1. The van der Waals surface area contributed by atoms with Gasteiger partial charge < -0.3 is 19.7 Å². The Bertz CT molecular complexity index is 1230. The van der Waals surface area contributed by atoms with Crippen LogP contribution in [0, 0.1) is 11.6 Å². The van der Waals surface area contributed by atoms with E-state index in [0.29, 0.717) is 28.8 Å². The molecule has 35 heavy (non-hydrogen) atoms. The topological polar surface area (TPSA) is 76.6 Å². The Labute approximate surface area is 205 Å². The van der Waals surface area contributed by atoms with Crippen LogP contribution >= 0.6 is 11.6 Å². The van der Waals surface area contributed by atoms with Crippen LogP contribution in [0.3, 0.4) is 0 Å². The molecule has 0 aliphatic rings. The van der Waals surface area contributed by atoms with Gasteiger partial charge in [0.2, 0.25) is 5.91 Å². The van der Waals surface area contributed by atoms with Crippen molar-refractivity contribution in [3.8, 4) is 11.5 Å². The summed E-state index contributed by atoms with van der Waals surface area (Å²) in [6.07, 6.45) is 1.67. The molecule has 1 aromatic heterocycles. The standard InChI is InChI=1S/C24H24ClF3N4O3/c1-4-21(33)32(12-14(2)26)8-5-9-35-20-10-15-18(11-19(20)34-3)29-13-30-24(15)31-17-7-6-16(27)22(25)23(17)28/h4,6-7,10-11,13-14H,1,5,8-9,12H2,2-3H3,(H,29,30,31)/t14-/m0/s1. The minimum atomic E-state index is -1.17. The number of hydrogen-bond acceptors (Lipinski definition) is 6. The van der Waals surface area contributed by atoms with E-state index in [1.165, 1.54) is 31.3 Å². The number of amides is 1. The van der Waals surface area contributed by atoms with Crippen LogP contribution in [0.5, 0.6) is 11.5 Å². The summed E-state index contributed by atoms with van der Waals surface area (Å²) in [5, 5.41) is 2.65. The molecule has 2 aromatic carbocycles. The van der Waals surface area contributed by atoms with Crippen LogP contribution in [-0.4, -0.2) is 53.8 Å². The summed E-state index contributed by atoms with van der Waals surface area (Å²) in [6.45, 7) is 5.24. The largest absolute Gasteiger partial charge is 0.493 e. The zero-order valence-electron chi connectivity index (χ0n) is 19.2. The number of fused-ring (bicyclic) bond motifs is 1. The maximum Gasteiger partial charge on any atom is 0.246 e. The molecule has 0 saturated heterocycles. The van der Waals surface area contributed by atoms with Gasteiger partial charge in [-0.05, 0) is 37.6 Å². The molecule has 0 unspecified atom stereocenters. The highest BCUT2D eigenvalue weighted by molar-refractivity contribution is 6.31. The van der Waals surface area contributed by atoms with E-state index in [9.17, 15) is 18.0 Å². The van der Waals surface area contributed by atoms with E-state index in [2.05, 4.69) is 21.9 Å². The molecule has 0 spiro atoms. The first-order valence-corrected chi connectivity index (χ1v) is 11.0. The van der Waals surface area contributed by atoms with Gasteiger partial charge in [-0.25, -0.2) is 23.1 Å². The Morgan fingerprint density at radius 1 is 1.29 bits per heavy atom. The molecule has 0 aliphatic carbocycles. The lowest BCUT2D eigenvalue weighted by molar-refractivity contribution is -0.126. The summed E-state index contributed by atoms with van der Waals surface area (Å²) in [5.74, 6) is -1.20. The third-order valence-corrected chi connectivity index (χ3v) is 5.34. The van der Waals surface area contributed by atoms with Gasteiger partial charge in [-0.1, -0.05) is 18.2 Å². The predicted molar refractivity (Wildman–Crippen MR) is 128 cm³/mol. The van der Waals surface area contributed by atoms with Crippen molar-refractivity contribution in [2.45, 2.75) is 19.5 Å². The molecule has 0 aliphatic heterocycles. The first-order valence-electron chi connectivity index (χ1n) is 10.7. The number of aromatic nitrogens is 2. The van der Waals surface area contributed by atoms with Crippen LogP contribution in [0.25, 0.3) is 10.9 Å². The number of ether oxygens (including phenoxy) is 2. The van der Waals surface area contributed by atoms with E-state index in [0.717, 1.165) is 12.1 Å². The van der Waals surface area contributed by atoms with Crippen LogP contribution in [-0.2, 0) is 4.79 Å². The fraction of sp³-hybridized carbons (Fsp3) is 0.292. The van der Waals surface area contributed by atoms with Crippen molar-refractivity contribution in [3.63, 3.8) is 0 Å². The first-order chi connectivity index (χ1) is 16.7. The molecule has 0 bridgehead atoms. The summed E-state index contributed by atoms with van der Waals surface area (Å²) in [7, 11) is 1.47. The van der Waals surface area contributed by atoms with Gasteiger partial charge in [-0.15, -0.1) is 0 Å².